The lowest BCUT2D eigenvalue weighted by atomic mass is 9.93. The molecule has 0 aliphatic carbocycles. The van der Waals surface area contributed by atoms with Gasteiger partial charge >= 0.3 is 0 Å². The Kier molecular flexibility index (Phi) is 5.39. The number of ether oxygens (including phenoxy) is 1. The number of hydrogen-bond donors (Lipinski definition) is 0. The first-order valence-electron chi connectivity index (χ1n) is 6.60. The van der Waals surface area contributed by atoms with Gasteiger partial charge in [-0.15, -0.1) is 0 Å². The van der Waals surface area contributed by atoms with E-state index in [0.29, 0.717) is 18.3 Å². The van der Waals surface area contributed by atoms with Crippen LogP contribution in [-0.4, -0.2) is 12.9 Å². The van der Waals surface area contributed by atoms with Crippen molar-refractivity contribution in [2.75, 3.05) is 7.11 Å². The summed E-state index contributed by atoms with van der Waals surface area (Å²) in [4.78, 5) is 11.1. The van der Waals surface area contributed by atoms with Crippen LogP contribution in [0.5, 0.6) is 5.75 Å². The Morgan fingerprint density at radius 3 is 2.44 bits per heavy atom. The van der Waals surface area contributed by atoms with E-state index in [1.807, 2.05) is 6.07 Å². The van der Waals surface area contributed by atoms with Gasteiger partial charge in [0.2, 0.25) is 0 Å². The van der Waals surface area contributed by atoms with Gasteiger partial charge in [-0.25, -0.2) is 0 Å². The largest absolute Gasteiger partial charge is 0.496 e. The molecule has 2 heteroatoms. The summed E-state index contributed by atoms with van der Waals surface area (Å²) in [6, 6.07) is 6.34. The van der Waals surface area contributed by atoms with Crippen molar-refractivity contribution in [2.24, 2.45) is 5.92 Å². The van der Waals surface area contributed by atoms with Gasteiger partial charge in [0.15, 0.2) is 0 Å². The molecule has 0 aliphatic rings. The second-order valence-electron chi connectivity index (χ2n) is 5.45. The lowest BCUT2D eigenvalue weighted by molar-refractivity contribution is -0.117. The van der Waals surface area contributed by atoms with Crippen LogP contribution in [0.2, 0.25) is 0 Å². The second-order valence-corrected chi connectivity index (χ2v) is 5.45. The first-order valence-corrected chi connectivity index (χ1v) is 6.60. The van der Waals surface area contributed by atoms with Crippen LogP contribution in [0, 0.1) is 5.92 Å². The van der Waals surface area contributed by atoms with E-state index in [9.17, 15) is 4.79 Å². The topological polar surface area (TPSA) is 26.3 Å². The summed E-state index contributed by atoms with van der Waals surface area (Å²) in [5.41, 5.74) is 2.53. The first kappa shape index (κ1) is 14.7. The van der Waals surface area contributed by atoms with Crippen molar-refractivity contribution >= 4 is 5.78 Å². The van der Waals surface area contributed by atoms with Crippen molar-refractivity contribution in [1.29, 1.82) is 0 Å². The molecule has 1 aromatic rings. The number of rotatable bonds is 6. The maximum absolute atomic E-state index is 11.1. The second kappa shape index (κ2) is 6.58. The molecule has 0 amide bonds. The van der Waals surface area contributed by atoms with Crippen LogP contribution in [0.3, 0.4) is 0 Å². The van der Waals surface area contributed by atoms with Gasteiger partial charge in [-0.05, 0) is 42.4 Å². The third kappa shape index (κ3) is 4.17. The molecule has 0 bridgehead atoms. The van der Waals surface area contributed by atoms with Crippen LogP contribution in [-0.2, 0) is 11.2 Å². The van der Waals surface area contributed by atoms with Crippen molar-refractivity contribution in [2.45, 2.75) is 46.5 Å². The molecular formula is C16H24O2. The van der Waals surface area contributed by atoms with Gasteiger partial charge in [0.25, 0.3) is 0 Å². The third-order valence-electron chi connectivity index (χ3n) is 3.14. The number of ketones is 1. The Balaban J connectivity index is 2.84. The number of carbonyl (C=O) groups excluding carboxylic acids is 1. The summed E-state index contributed by atoms with van der Waals surface area (Å²) in [6.07, 6.45) is 1.60. The minimum Gasteiger partial charge on any atom is -0.496 e. The summed E-state index contributed by atoms with van der Waals surface area (Å²) >= 11 is 0. The highest BCUT2D eigenvalue weighted by atomic mass is 16.5. The molecule has 0 saturated heterocycles. The standard InChI is InChI=1S/C16H24O2/c1-11(2)15-10-14(6-7-16(15)18-5)9-12(3)8-13(4)17/h6-7,10-12H,8-9H2,1-5H3. The van der Waals surface area contributed by atoms with E-state index < -0.39 is 0 Å². The lowest BCUT2D eigenvalue weighted by Crippen LogP contribution is -2.06. The van der Waals surface area contributed by atoms with Crippen LogP contribution in [0.1, 0.15) is 51.2 Å². The van der Waals surface area contributed by atoms with E-state index in [-0.39, 0.29) is 5.78 Å². The fourth-order valence-corrected chi connectivity index (χ4v) is 2.33. The fourth-order valence-electron chi connectivity index (χ4n) is 2.33. The summed E-state index contributed by atoms with van der Waals surface area (Å²) in [7, 11) is 1.71. The molecule has 18 heavy (non-hydrogen) atoms. The highest BCUT2D eigenvalue weighted by Crippen LogP contribution is 2.28. The Morgan fingerprint density at radius 1 is 1.28 bits per heavy atom. The van der Waals surface area contributed by atoms with Gasteiger partial charge in [-0.3, -0.25) is 0 Å². The van der Waals surface area contributed by atoms with Gasteiger partial charge in [0.1, 0.15) is 11.5 Å². The zero-order valence-electron chi connectivity index (χ0n) is 12.1. The van der Waals surface area contributed by atoms with Crippen LogP contribution in [0.4, 0.5) is 0 Å². The molecule has 1 aromatic carbocycles. The van der Waals surface area contributed by atoms with Gasteiger partial charge < -0.3 is 9.53 Å². The predicted molar refractivity (Wildman–Crippen MR) is 75.2 cm³/mol. The molecular weight excluding hydrogens is 224 g/mol. The zero-order valence-corrected chi connectivity index (χ0v) is 12.1. The van der Waals surface area contributed by atoms with Crippen LogP contribution >= 0.6 is 0 Å². The average molecular weight is 248 g/mol. The van der Waals surface area contributed by atoms with E-state index >= 15 is 0 Å². The average Bonchev–Trinajstić information content (AvgIpc) is 2.27. The fraction of sp³-hybridized carbons (Fsp3) is 0.562. The monoisotopic (exact) mass is 248 g/mol. The molecule has 100 valence electrons. The van der Waals surface area contributed by atoms with E-state index in [1.165, 1.54) is 11.1 Å². The van der Waals surface area contributed by atoms with Gasteiger partial charge in [-0.1, -0.05) is 32.9 Å². The van der Waals surface area contributed by atoms with Crippen LogP contribution in [0.15, 0.2) is 18.2 Å². The van der Waals surface area contributed by atoms with Gasteiger partial charge in [0.05, 0.1) is 7.11 Å². The first-order chi connectivity index (χ1) is 8.43. The van der Waals surface area contributed by atoms with Crippen molar-refractivity contribution in [3.63, 3.8) is 0 Å². The Labute approximate surface area is 110 Å². The summed E-state index contributed by atoms with van der Waals surface area (Å²) < 4.78 is 5.38. The summed E-state index contributed by atoms with van der Waals surface area (Å²) in [5.74, 6) is 2.06. The third-order valence-corrected chi connectivity index (χ3v) is 3.14. The van der Waals surface area contributed by atoms with Crippen LogP contribution < -0.4 is 4.74 Å². The van der Waals surface area contributed by atoms with Gasteiger partial charge in [-0.2, -0.15) is 0 Å². The molecule has 1 atom stereocenters. The molecule has 0 fully saturated rings. The van der Waals surface area contributed by atoms with Crippen molar-refractivity contribution in [3.8, 4) is 5.75 Å². The lowest BCUT2D eigenvalue weighted by Gasteiger charge is -2.15. The number of carbonyl (C=O) groups is 1. The normalized spacial score (nSPS) is 12.6. The molecule has 0 radical (unpaired) electrons. The van der Waals surface area contributed by atoms with Crippen molar-refractivity contribution < 1.29 is 9.53 Å². The van der Waals surface area contributed by atoms with E-state index in [0.717, 1.165) is 12.2 Å². The SMILES string of the molecule is COc1ccc(CC(C)CC(C)=O)cc1C(C)C. The Hall–Kier alpha value is -1.31. The molecule has 0 spiro atoms. The molecule has 0 N–H and O–H groups in total. The maximum Gasteiger partial charge on any atom is 0.130 e. The molecule has 0 heterocycles. The maximum atomic E-state index is 11.1. The van der Waals surface area contributed by atoms with E-state index in [1.54, 1.807) is 14.0 Å². The molecule has 0 aliphatic heterocycles. The quantitative estimate of drug-likeness (QED) is 0.761. The molecule has 0 saturated carbocycles. The molecule has 1 rings (SSSR count). The highest BCUT2D eigenvalue weighted by Gasteiger charge is 2.11. The van der Waals surface area contributed by atoms with E-state index in [4.69, 9.17) is 4.74 Å². The minimum absolute atomic E-state index is 0.264. The van der Waals surface area contributed by atoms with Crippen molar-refractivity contribution in [3.05, 3.63) is 29.3 Å². The summed E-state index contributed by atoms with van der Waals surface area (Å²) in [5, 5.41) is 0. The van der Waals surface area contributed by atoms with Crippen molar-refractivity contribution in [1.82, 2.24) is 0 Å². The Bertz CT molecular complexity index is 408. The summed E-state index contributed by atoms with van der Waals surface area (Å²) in [6.45, 7) is 8.12. The number of hydrogen-bond acceptors (Lipinski definition) is 2. The zero-order chi connectivity index (χ0) is 13.7. The minimum atomic E-state index is 0.264. The number of methoxy groups -OCH3 is 1. The van der Waals surface area contributed by atoms with Crippen LogP contribution in [0.25, 0.3) is 0 Å². The van der Waals surface area contributed by atoms with E-state index in [2.05, 4.69) is 32.9 Å². The number of benzene rings is 1. The molecule has 1 unspecified atom stereocenters. The molecule has 0 aromatic heterocycles. The predicted octanol–water partition coefficient (Wildman–Crippen LogP) is 3.98. The number of Topliss-reactive ketones (excluding diaryl/α,β-unsaturated/α-hetero) is 1. The smallest absolute Gasteiger partial charge is 0.130 e. The van der Waals surface area contributed by atoms with Gasteiger partial charge in [0, 0.05) is 6.42 Å². The molecule has 2 nitrogen and oxygen atoms in total. The Morgan fingerprint density at radius 2 is 1.94 bits per heavy atom. The highest BCUT2D eigenvalue weighted by molar-refractivity contribution is 5.75.